The summed E-state index contributed by atoms with van der Waals surface area (Å²) < 4.78 is 41.2. The number of hydrogen-bond acceptors (Lipinski definition) is 4. The Morgan fingerprint density at radius 3 is 2.32 bits per heavy atom. The molecule has 0 bridgehead atoms. The highest BCUT2D eigenvalue weighted by Gasteiger charge is 2.24. The lowest BCUT2D eigenvalue weighted by atomic mass is 10.1. The molecular formula is C26H28FN3O3S. The Balaban J connectivity index is 1.41. The minimum atomic E-state index is -3.87. The third kappa shape index (κ3) is 5.63. The lowest BCUT2D eigenvalue weighted by molar-refractivity contribution is 0.0938. The van der Waals surface area contributed by atoms with Gasteiger partial charge in [-0.15, -0.1) is 0 Å². The molecule has 2 N–H and O–H groups in total. The fourth-order valence-corrected chi connectivity index (χ4v) is 5.31. The van der Waals surface area contributed by atoms with Gasteiger partial charge in [-0.3, -0.25) is 14.4 Å². The number of benzene rings is 3. The number of sulfonamides is 1. The van der Waals surface area contributed by atoms with Crippen LogP contribution in [0.5, 0.6) is 0 Å². The maximum atomic E-state index is 13.5. The molecule has 1 aliphatic heterocycles. The fraction of sp³-hybridized carbons (Fsp3) is 0.269. The molecule has 3 aromatic carbocycles. The van der Waals surface area contributed by atoms with Crippen molar-refractivity contribution in [1.29, 1.82) is 0 Å². The number of halogens is 1. The largest absolute Gasteiger partial charge is 0.350 e. The Hall–Kier alpha value is -3.23. The Kier molecular flexibility index (Phi) is 7.29. The first-order valence-corrected chi connectivity index (χ1v) is 12.8. The van der Waals surface area contributed by atoms with Crippen molar-refractivity contribution in [1.82, 2.24) is 10.2 Å². The molecule has 178 valence electrons. The fourth-order valence-electron chi connectivity index (χ4n) is 4.17. The zero-order valence-electron chi connectivity index (χ0n) is 19.0. The molecule has 34 heavy (non-hydrogen) atoms. The average Bonchev–Trinajstić information content (AvgIpc) is 3.36. The Bertz CT molecular complexity index is 1240. The molecule has 1 atom stereocenters. The molecule has 0 aromatic heterocycles. The lowest BCUT2D eigenvalue weighted by Gasteiger charge is -2.28. The zero-order chi connectivity index (χ0) is 24.1. The van der Waals surface area contributed by atoms with E-state index in [0.717, 1.165) is 32.0 Å². The molecule has 1 amide bonds. The normalized spacial score (nSPS) is 15.1. The standard InChI is InChI=1S/C26H28FN3O3S/c1-19-17-23(13-14-24(19)27)34(32,33)29-22-11-9-21(10-12-22)26(31)28-18-25(30-15-5-6-16-30)20-7-3-2-4-8-20/h2-4,7-14,17,25,29H,5-6,15-16,18H2,1H3,(H,28,31)/t25-/m1/s1. The Morgan fingerprint density at radius 2 is 1.68 bits per heavy atom. The summed E-state index contributed by atoms with van der Waals surface area (Å²) in [4.78, 5) is 15.1. The van der Waals surface area contributed by atoms with Gasteiger partial charge < -0.3 is 5.32 Å². The van der Waals surface area contributed by atoms with Crippen LogP contribution < -0.4 is 10.0 Å². The monoisotopic (exact) mass is 481 g/mol. The van der Waals surface area contributed by atoms with E-state index in [9.17, 15) is 17.6 Å². The Morgan fingerprint density at radius 1 is 1.00 bits per heavy atom. The van der Waals surface area contributed by atoms with Crippen LogP contribution in [-0.2, 0) is 10.0 Å². The molecule has 0 spiro atoms. The maximum absolute atomic E-state index is 13.5. The summed E-state index contributed by atoms with van der Waals surface area (Å²) in [5.74, 6) is -0.683. The molecule has 4 rings (SSSR count). The first-order chi connectivity index (χ1) is 16.3. The van der Waals surface area contributed by atoms with E-state index >= 15 is 0 Å². The van der Waals surface area contributed by atoms with Crippen LogP contribution in [-0.4, -0.2) is 38.9 Å². The molecule has 0 aliphatic carbocycles. The van der Waals surface area contributed by atoms with Crippen LogP contribution in [0.25, 0.3) is 0 Å². The summed E-state index contributed by atoms with van der Waals surface area (Å²) in [5, 5.41) is 3.02. The first kappa shape index (κ1) is 23.9. The molecule has 8 heteroatoms. The van der Waals surface area contributed by atoms with Crippen LogP contribution in [0.1, 0.15) is 40.4 Å². The van der Waals surface area contributed by atoms with Crippen LogP contribution in [0.4, 0.5) is 10.1 Å². The van der Waals surface area contributed by atoms with E-state index in [1.54, 1.807) is 12.1 Å². The number of likely N-dealkylation sites (tertiary alicyclic amines) is 1. The predicted molar refractivity (Wildman–Crippen MR) is 131 cm³/mol. The van der Waals surface area contributed by atoms with Crippen molar-refractivity contribution in [3.8, 4) is 0 Å². The Labute approximate surface area is 199 Å². The molecule has 0 saturated carbocycles. The minimum Gasteiger partial charge on any atom is -0.350 e. The van der Waals surface area contributed by atoms with E-state index in [1.807, 2.05) is 18.2 Å². The van der Waals surface area contributed by atoms with Crippen LogP contribution >= 0.6 is 0 Å². The molecule has 0 unspecified atom stereocenters. The summed E-state index contributed by atoms with van der Waals surface area (Å²) in [5.41, 5.74) is 2.18. The SMILES string of the molecule is Cc1cc(S(=O)(=O)Nc2ccc(C(=O)NC[C@H](c3ccccc3)N3CCCC3)cc2)ccc1F. The van der Waals surface area contributed by atoms with Gasteiger partial charge in [0.2, 0.25) is 0 Å². The van der Waals surface area contributed by atoms with Gasteiger partial charge in [0, 0.05) is 17.8 Å². The predicted octanol–water partition coefficient (Wildman–Crippen LogP) is 4.50. The second kappa shape index (κ2) is 10.4. The van der Waals surface area contributed by atoms with Crippen molar-refractivity contribution in [2.24, 2.45) is 0 Å². The van der Waals surface area contributed by atoms with Crippen molar-refractivity contribution in [3.05, 3.63) is 95.3 Å². The number of rotatable bonds is 8. The van der Waals surface area contributed by atoms with Crippen LogP contribution in [0.3, 0.4) is 0 Å². The maximum Gasteiger partial charge on any atom is 0.261 e. The first-order valence-electron chi connectivity index (χ1n) is 11.3. The van der Waals surface area contributed by atoms with Gasteiger partial charge in [-0.25, -0.2) is 12.8 Å². The number of carbonyl (C=O) groups excluding carboxylic acids is 1. The number of amides is 1. The van der Waals surface area contributed by atoms with Gasteiger partial charge in [0.05, 0.1) is 10.9 Å². The van der Waals surface area contributed by atoms with Crippen molar-refractivity contribution < 1.29 is 17.6 Å². The summed E-state index contributed by atoms with van der Waals surface area (Å²) in [6.45, 7) is 4.02. The molecular weight excluding hydrogens is 453 g/mol. The van der Waals surface area contributed by atoms with Crippen molar-refractivity contribution >= 4 is 21.6 Å². The molecule has 3 aromatic rings. The smallest absolute Gasteiger partial charge is 0.261 e. The van der Waals surface area contributed by atoms with Gasteiger partial charge in [0.15, 0.2) is 0 Å². The highest BCUT2D eigenvalue weighted by Crippen LogP contribution is 2.25. The summed E-state index contributed by atoms with van der Waals surface area (Å²) >= 11 is 0. The average molecular weight is 482 g/mol. The summed E-state index contributed by atoms with van der Waals surface area (Å²) in [6.07, 6.45) is 2.32. The molecule has 6 nitrogen and oxygen atoms in total. The number of carbonyl (C=O) groups is 1. The highest BCUT2D eigenvalue weighted by atomic mass is 32.2. The van der Waals surface area contributed by atoms with E-state index in [-0.39, 0.29) is 22.4 Å². The van der Waals surface area contributed by atoms with E-state index < -0.39 is 15.8 Å². The second-order valence-corrected chi connectivity index (χ2v) is 10.2. The quantitative estimate of drug-likeness (QED) is 0.497. The van der Waals surface area contributed by atoms with Crippen molar-refractivity contribution in [2.75, 3.05) is 24.4 Å². The highest BCUT2D eigenvalue weighted by molar-refractivity contribution is 7.92. The summed E-state index contributed by atoms with van der Waals surface area (Å²) in [7, 11) is -3.87. The van der Waals surface area contributed by atoms with Crippen molar-refractivity contribution in [2.45, 2.75) is 30.7 Å². The second-order valence-electron chi connectivity index (χ2n) is 8.47. The van der Waals surface area contributed by atoms with Gasteiger partial charge in [-0.2, -0.15) is 0 Å². The molecule has 0 radical (unpaired) electrons. The minimum absolute atomic E-state index is 0.0258. The third-order valence-electron chi connectivity index (χ3n) is 6.06. The molecule has 1 fully saturated rings. The van der Waals surface area contributed by atoms with E-state index in [4.69, 9.17) is 0 Å². The number of anilines is 1. The van der Waals surface area contributed by atoms with Gasteiger partial charge in [-0.1, -0.05) is 30.3 Å². The number of aryl methyl sites for hydroxylation is 1. The molecule has 1 aliphatic rings. The van der Waals surface area contributed by atoms with E-state index in [0.29, 0.717) is 17.8 Å². The number of nitrogens with zero attached hydrogens (tertiary/aromatic N) is 1. The molecule has 1 heterocycles. The topological polar surface area (TPSA) is 78.5 Å². The summed E-state index contributed by atoms with van der Waals surface area (Å²) in [6, 6.07) is 20.1. The van der Waals surface area contributed by atoms with Gasteiger partial charge in [0.1, 0.15) is 5.82 Å². The van der Waals surface area contributed by atoms with Crippen molar-refractivity contribution in [3.63, 3.8) is 0 Å². The number of hydrogen-bond donors (Lipinski definition) is 2. The lowest BCUT2D eigenvalue weighted by Crippen LogP contribution is -2.36. The van der Waals surface area contributed by atoms with E-state index in [1.165, 1.54) is 36.8 Å². The number of nitrogens with one attached hydrogen (secondary N) is 2. The van der Waals surface area contributed by atoms with Crippen LogP contribution in [0.15, 0.2) is 77.7 Å². The molecule has 1 saturated heterocycles. The van der Waals surface area contributed by atoms with Gasteiger partial charge >= 0.3 is 0 Å². The van der Waals surface area contributed by atoms with Crippen LogP contribution in [0.2, 0.25) is 0 Å². The van der Waals surface area contributed by atoms with Gasteiger partial charge in [-0.05, 0) is 86.4 Å². The van der Waals surface area contributed by atoms with Crippen LogP contribution in [0, 0.1) is 12.7 Å². The van der Waals surface area contributed by atoms with E-state index in [2.05, 4.69) is 27.1 Å². The van der Waals surface area contributed by atoms with Gasteiger partial charge in [0.25, 0.3) is 15.9 Å². The zero-order valence-corrected chi connectivity index (χ0v) is 19.8. The third-order valence-corrected chi connectivity index (χ3v) is 7.44.